The maximum atomic E-state index is 12.0. The smallest absolute Gasteiger partial charge is 0.302 e. The molecule has 5 heteroatoms. The first-order chi connectivity index (χ1) is 12.6. The van der Waals surface area contributed by atoms with Crippen LogP contribution in [-0.4, -0.2) is 47.1 Å². The summed E-state index contributed by atoms with van der Waals surface area (Å²) in [7, 11) is 0. The summed E-state index contributed by atoms with van der Waals surface area (Å²) in [5.74, 6) is 0.299. The molecule has 9 atom stereocenters. The fraction of sp³-hybridized carbons (Fsp3) is 0.571. The van der Waals surface area contributed by atoms with Crippen LogP contribution in [-0.2, 0) is 19.7 Å². The van der Waals surface area contributed by atoms with Crippen LogP contribution in [0.2, 0.25) is 0 Å². The number of carbonyl (C=O) groups excluding carboxylic acids is 2. The second kappa shape index (κ2) is 4.63. The summed E-state index contributed by atoms with van der Waals surface area (Å²) in [6.07, 6.45) is 2.85. The van der Waals surface area contributed by atoms with E-state index in [1.165, 1.54) is 18.2 Å². The lowest BCUT2D eigenvalue weighted by Gasteiger charge is -2.60. The maximum Gasteiger partial charge on any atom is 0.302 e. The number of carbonyl (C=O) groups is 2. The van der Waals surface area contributed by atoms with Gasteiger partial charge in [-0.25, -0.2) is 0 Å². The van der Waals surface area contributed by atoms with Crippen LogP contribution >= 0.6 is 0 Å². The van der Waals surface area contributed by atoms with Crippen molar-refractivity contribution in [1.82, 2.24) is 4.90 Å². The summed E-state index contributed by atoms with van der Waals surface area (Å²) < 4.78 is 6.04. The molecule has 5 bridgehead atoms. The number of hydrogen-bond acceptors (Lipinski definition) is 5. The third-order valence-corrected chi connectivity index (χ3v) is 7.91. The molecule has 134 valence electrons. The molecular formula is C21H22N2O3. The molecule has 0 radical (unpaired) electrons. The monoisotopic (exact) mass is 350 g/mol. The van der Waals surface area contributed by atoms with Gasteiger partial charge in [0.05, 0.1) is 22.9 Å². The van der Waals surface area contributed by atoms with Crippen molar-refractivity contribution in [3.05, 3.63) is 29.8 Å². The Morgan fingerprint density at radius 2 is 2.19 bits per heavy atom. The second-order valence-electron chi connectivity index (χ2n) is 8.68. The number of benzene rings is 1. The number of aldehydes is 1. The molecule has 0 aromatic heterocycles. The minimum Gasteiger partial charge on any atom is -0.461 e. The average molecular weight is 350 g/mol. The molecule has 4 saturated heterocycles. The van der Waals surface area contributed by atoms with Gasteiger partial charge in [0.15, 0.2) is 0 Å². The van der Waals surface area contributed by atoms with E-state index in [4.69, 9.17) is 9.73 Å². The van der Waals surface area contributed by atoms with E-state index >= 15 is 0 Å². The van der Waals surface area contributed by atoms with Crippen molar-refractivity contribution in [3.63, 3.8) is 0 Å². The highest BCUT2D eigenvalue weighted by Gasteiger charge is 2.75. The topological polar surface area (TPSA) is 59.0 Å². The van der Waals surface area contributed by atoms with Gasteiger partial charge in [-0.1, -0.05) is 18.2 Å². The van der Waals surface area contributed by atoms with E-state index in [0.717, 1.165) is 24.8 Å². The number of para-hydroxylation sites is 1. The number of piperidine rings is 4. The van der Waals surface area contributed by atoms with Crippen molar-refractivity contribution >= 4 is 23.7 Å². The normalized spacial score (nSPS) is 48.8. The first-order valence-corrected chi connectivity index (χ1v) is 9.66. The lowest BCUT2D eigenvalue weighted by atomic mass is 9.62. The highest BCUT2D eigenvalue weighted by atomic mass is 16.5. The quantitative estimate of drug-likeness (QED) is 0.606. The molecule has 26 heavy (non-hydrogen) atoms. The Hall–Kier alpha value is -2.01. The number of fused-ring (bicyclic) bond motifs is 2. The van der Waals surface area contributed by atoms with E-state index in [-0.39, 0.29) is 47.3 Å². The lowest BCUT2D eigenvalue weighted by Crippen LogP contribution is -2.69. The van der Waals surface area contributed by atoms with Crippen LogP contribution in [0.25, 0.3) is 0 Å². The summed E-state index contributed by atoms with van der Waals surface area (Å²) in [5, 5.41) is 0. The zero-order valence-corrected chi connectivity index (χ0v) is 15.0. The van der Waals surface area contributed by atoms with E-state index < -0.39 is 0 Å². The summed E-state index contributed by atoms with van der Waals surface area (Å²) in [5.41, 5.74) is 3.15. The largest absolute Gasteiger partial charge is 0.461 e. The Balaban J connectivity index is 1.61. The summed E-state index contributed by atoms with van der Waals surface area (Å²) in [6, 6.07) is 9.21. The van der Waals surface area contributed by atoms with Gasteiger partial charge in [0, 0.05) is 30.8 Å². The van der Waals surface area contributed by atoms with Crippen molar-refractivity contribution in [3.8, 4) is 0 Å². The van der Waals surface area contributed by atoms with E-state index in [0.29, 0.717) is 6.04 Å². The molecule has 7 rings (SSSR count). The van der Waals surface area contributed by atoms with E-state index in [1.54, 1.807) is 0 Å². The predicted molar refractivity (Wildman–Crippen MR) is 95.4 cm³/mol. The average Bonchev–Trinajstić information content (AvgIpc) is 3.08. The fourth-order valence-electron chi connectivity index (χ4n) is 7.28. The number of ether oxygens (including phenoxy) is 1. The van der Waals surface area contributed by atoms with Crippen LogP contribution in [0.5, 0.6) is 0 Å². The standard InChI is InChI=1S/C21H22N2O3/c1-10-13(9-24)12-7-16-19-21(14-5-3-4-6-15(14)22-19)8-17(23(10)16)18(12)20(21)26-11(2)25/h3-6,9-10,12-13,16-18,20H,7-8H2,1-2H3/t10-,12-,13-,16-,17-,18?,20+,21+/m1/s1. The van der Waals surface area contributed by atoms with Crippen molar-refractivity contribution < 1.29 is 14.3 Å². The Labute approximate surface area is 152 Å². The van der Waals surface area contributed by atoms with Crippen LogP contribution < -0.4 is 0 Å². The minimum atomic E-state index is -0.287. The first-order valence-electron chi connectivity index (χ1n) is 9.66. The first kappa shape index (κ1) is 15.1. The van der Waals surface area contributed by atoms with Crippen LogP contribution in [0, 0.1) is 17.8 Å². The highest BCUT2D eigenvalue weighted by molar-refractivity contribution is 6.08. The van der Waals surface area contributed by atoms with Crippen LogP contribution in [0.1, 0.15) is 32.3 Å². The summed E-state index contributed by atoms with van der Waals surface area (Å²) in [6.45, 7) is 3.69. The van der Waals surface area contributed by atoms with Gasteiger partial charge < -0.3 is 9.53 Å². The van der Waals surface area contributed by atoms with Gasteiger partial charge in [0.25, 0.3) is 0 Å². The van der Waals surface area contributed by atoms with E-state index in [9.17, 15) is 9.59 Å². The molecule has 5 nitrogen and oxygen atoms in total. The van der Waals surface area contributed by atoms with Crippen LogP contribution in [0.15, 0.2) is 29.3 Å². The van der Waals surface area contributed by atoms with Gasteiger partial charge in [-0.2, -0.15) is 0 Å². The molecule has 1 spiro atoms. The van der Waals surface area contributed by atoms with Crippen molar-refractivity contribution in [1.29, 1.82) is 0 Å². The maximum absolute atomic E-state index is 12.0. The van der Waals surface area contributed by atoms with Crippen molar-refractivity contribution in [2.75, 3.05) is 0 Å². The number of nitrogens with zero attached hydrogens (tertiary/aromatic N) is 2. The zero-order valence-electron chi connectivity index (χ0n) is 15.0. The van der Waals surface area contributed by atoms with Crippen LogP contribution in [0.3, 0.4) is 0 Å². The Morgan fingerprint density at radius 1 is 1.38 bits per heavy atom. The van der Waals surface area contributed by atoms with Gasteiger partial charge >= 0.3 is 5.97 Å². The molecule has 0 N–H and O–H groups in total. The second-order valence-corrected chi connectivity index (χ2v) is 8.68. The zero-order chi connectivity index (χ0) is 17.8. The van der Waals surface area contributed by atoms with E-state index in [2.05, 4.69) is 30.0 Å². The van der Waals surface area contributed by atoms with Crippen molar-refractivity contribution in [2.45, 2.75) is 56.3 Å². The van der Waals surface area contributed by atoms with Crippen LogP contribution in [0.4, 0.5) is 5.69 Å². The molecule has 5 fully saturated rings. The van der Waals surface area contributed by atoms with Gasteiger partial charge in [-0.05, 0) is 37.3 Å². The molecule has 1 aliphatic carbocycles. The molecule has 1 aromatic rings. The number of aliphatic imine (C=N–C) groups is 1. The highest BCUT2D eigenvalue weighted by Crippen LogP contribution is 2.67. The third-order valence-electron chi connectivity index (χ3n) is 7.91. The SMILES string of the molecule is CC(=O)O[C@H]1C2[C@H]3C[C@]14C(=Nc1ccccc14)[C@H]1C[C@@H]2[C@H](C=O)[C@@H](C)N13. The molecule has 5 aliphatic heterocycles. The number of esters is 1. The van der Waals surface area contributed by atoms with Gasteiger partial charge in [0.1, 0.15) is 12.4 Å². The van der Waals surface area contributed by atoms with Crippen molar-refractivity contribution in [2.24, 2.45) is 22.7 Å². The van der Waals surface area contributed by atoms with Gasteiger partial charge in [-0.3, -0.25) is 14.7 Å². The molecule has 2 unspecified atom stereocenters. The number of hydrogen-bond donors (Lipinski definition) is 0. The Kier molecular flexibility index (Phi) is 2.69. The van der Waals surface area contributed by atoms with Gasteiger partial charge in [-0.15, -0.1) is 0 Å². The van der Waals surface area contributed by atoms with E-state index in [1.807, 2.05) is 6.07 Å². The molecular weight excluding hydrogens is 328 g/mol. The molecule has 1 aromatic carbocycles. The Bertz CT molecular complexity index is 880. The predicted octanol–water partition coefficient (Wildman–Crippen LogP) is 2.25. The molecule has 5 heterocycles. The van der Waals surface area contributed by atoms with Gasteiger partial charge in [0.2, 0.25) is 0 Å². The Morgan fingerprint density at radius 3 is 2.96 bits per heavy atom. The number of rotatable bonds is 2. The summed E-state index contributed by atoms with van der Waals surface area (Å²) in [4.78, 5) is 31.5. The fourth-order valence-corrected chi connectivity index (χ4v) is 7.28. The third kappa shape index (κ3) is 1.44. The lowest BCUT2D eigenvalue weighted by molar-refractivity contribution is -0.159. The molecule has 0 amide bonds. The molecule has 6 aliphatic rings. The minimum absolute atomic E-state index is 0.0235. The summed E-state index contributed by atoms with van der Waals surface area (Å²) >= 11 is 0. The molecule has 1 saturated carbocycles.